The Labute approximate surface area is 195 Å². The Kier molecular flexibility index (Phi) is 7.32. The molecular formula is C21H28F3N7O3. The van der Waals surface area contributed by atoms with Crippen molar-refractivity contribution < 1.29 is 27.5 Å². The lowest BCUT2D eigenvalue weighted by atomic mass is 10.2. The Bertz CT molecular complexity index is 994. The van der Waals surface area contributed by atoms with Crippen LogP contribution in [0, 0.1) is 0 Å². The second kappa shape index (κ2) is 9.85. The number of ether oxygens (including phenoxy) is 1. The van der Waals surface area contributed by atoms with Gasteiger partial charge in [-0.05, 0) is 27.7 Å². The van der Waals surface area contributed by atoms with Crippen LogP contribution < -0.4 is 10.2 Å². The highest BCUT2D eigenvalue weighted by molar-refractivity contribution is 5.93. The fraction of sp³-hybridized carbons (Fsp3) is 0.571. The number of carbonyl (C=O) groups excluding carboxylic acids is 2. The van der Waals surface area contributed by atoms with E-state index in [1.54, 1.807) is 48.4 Å². The number of carbonyl (C=O) groups is 2. The molecule has 0 unspecified atom stereocenters. The normalized spacial score (nSPS) is 15.7. The van der Waals surface area contributed by atoms with E-state index < -0.39 is 23.4 Å². The molecule has 1 N–H and O–H groups in total. The van der Waals surface area contributed by atoms with Crippen LogP contribution >= 0.6 is 0 Å². The molecule has 0 aromatic carbocycles. The molecule has 1 saturated heterocycles. The fourth-order valence-electron chi connectivity index (χ4n) is 3.33. The van der Waals surface area contributed by atoms with Crippen molar-refractivity contribution in [1.29, 1.82) is 0 Å². The summed E-state index contributed by atoms with van der Waals surface area (Å²) < 4.78 is 44.8. The molecule has 13 heteroatoms. The van der Waals surface area contributed by atoms with Gasteiger partial charge in [0.05, 0.1) is 23.9 Å². The zero-order chi connectivity index (χ0) is 25.1. The highest BCUT2D eigenvalue weighted by Gasteiger charge is 2.32. The Hall–Kier alpha value is -3.38. The molecule has 0 bridgehead atoms. The van der Waals surface area contributed by atoms with Crippen LogP contribution in [0.5, 0.6) is 0 Å². The van der Waals surface area contributed by atoms with E-state index in [-0.39, 0.29) is 17.9 Å². The quantitative estimate of drug-likeness (QED) is 0.697. The Morgan fingerprint density at radius 1 is 1.09 bits per heavy atom. The molecule has 10 nitrogen and oxygen atoms in total. The summed E-state index contributed by atoms with van der Waals surface area (Å²) in [5, 5.41) is 6.92. The van der Waals surface area contributed by atoms with E-state index in [1.807, 2.05) is 0 Å². The largest absolute Gasteiger partial charge is 0.444 e. The second-order valence-corrected chi connectivity index (χ2v) is 9.05. The molecule has 1 aliphatic heterocycles. The van der Waals surface area contributed by atoms with E-state index in [0.717, 1.165) is 12.4 Å². The summed E-state index contributed by atoms with van der Waals surface area (Å²) >= 11 is 0. The van der Waals surface area contributed by atoms with Gasteiger partial charge in [0.25, 0.3) is 5.91 Å². The molecule has 0 radical (unpaired) electrons. The first-order chi connectivity index (χ1) is 15.8. The molecule has 2 aromatic rings. The van der Waals surface area contributed by atoms with Gasteiger partial charge in [-0.2, -0.15) is 18.3 Å². The van der Waals surface area contributed by atoms with Gasteiger partial charge in [-0.3, -0.25) is 9.48 Å². The van der Waals surface area contributed by atoms with Gasteiger partial charge in [-0.1, -0.05) is 0 Å². The molecule has 0 aliphatic carbocycles. The lowest BCUT2D eigenvalue weighted by Gasteiger charge is -2.34. The van der Waals surface area contributed by atoms with Crippen LogP contribution in [-0.2, 0) is 17.5 Å². The molecule has 0 spiro atoms. The fourth-order valence-corrected chi connectivity index (χ4v) is 3.33. The van der Waals surface area contributed by atoms with Crippen molar-refractivity contribution in [3.05, 3.63) is 35.9 Å². The first-order valence-corrected chi connectivity index (χ1v) is 10.8. The molecule has 0 saturated carbocycles. The maximum absolute atomic E-state index is 12.8. The maximum Gasteiger partial charge on any atom is 0.419 e. The van der Waals surface area contributed by atoms with E-state index in [9.17, 15) is 22.8 Å². The number of hydrogen-bond acceptors (Lipinski definition) is 7. The van der Waals surface area contributed by atoms with Crippen molar-refractivity contribution in [2.24, 2.45) is 0 Å². The van der Waals surface area contributed by atoms with Crippen LogP contribution in [0.4, 0.5) is 23.9 Å². The number of piperazine rings is 1. The molecule has 3 heterocycles. The number of halogens is 3. The first-order valence-electron chi connectivity index (χ1n) is 10.8. The number of alkyl halides is 3. The molecule has 186 valence electrons. The molecule has 1 aliphatic rings. The van der Waals surface area contributed by atoms with Gasteiger partial charge in [0, 0.05) is 50.8 Å². The van der Waals surface area contributed by atoms with Crippen LogP contribution in [0.25, 0.3) is 0 Å². The van der Waals surface area contributed by atoms with Gasteiger partial charge in [0.1, 0.15) is 5.60 Å². The number of anilines is 1. The summed E-state index contributed by atoms with van der Waals surface area (Å²) in [4.78, 5) is 35.7. The highest BCUT2D eigenvalue weighted by Crippen LogP contribution is 2.28. The SMILES string of the molecule is C[C@@H](Cn1cc(C(=O)N2CCN(c3ncc(C(F)(F)F)cn3)CC2)cn1)NC(=O)OC(C)(C)C. The number of rotatable bonds is 5. The molecule has 1 atom stereocenters. The molecule has 2 aromatic heterocycles. The number of nitrogens with one attached hydrogen (secondary N) is 1. The van der Waals surface area contributed by atoms with Crippen molar-refractivity contribution in [2.75, 3.05) is 31.1 Å². The van der Waals surface area contributed by atoms with Crippen LogP contribution in [0.1, 0.15) is 43.6 Å². The third kappa shape index (κ3) is 6.81. The zero-order valence-electron chi connectivity index (χ0n) is 19.5. The van der Waals surface area contributed by atoms with E-state index >= 15 is 0 Å². The third-order valence-electron chi connectivity index (χ3n) is 4.92. The van der Waals surface area contributed by atoms with E-state index in [0.29, 0.717) is 38.3 Å². The maximum atomic E-state index is 12.8. The van der Waals surface area contributed by atoms with E-state index in [4.69, 9.17) is 4.74 Å². The van der Waals surface area contributed by atoms with Crippen molar-refractivity contribution in [1.82, 2.24) is 30.0 Å². The van der Waals surface area contributed by atoms with Gasteiger partial charge in [0.15, 0.2) is 0 Å². The topological polar surface area (TPSA) is 105 Å². The average molecular weight is 483 g/mol. The van der Waals surface area contributed by atoms with E-state index in [2.05, 4.69) is 20.4 Å². The monoisotopic (exact) mass is 483 g/mol. The van der Waals surface area contributed by atoms with Gasteiger partial charge in [-0.15, -0.1) is 0 Å². The highest BCUT2D eigenvalue weighted by atomic mass is 19.4. The van der Waals surface area contributed by atoms with Crippen LogP contribution in [0.2, 0.25) is 0 Å². The Morgan fingerprint density at radius 3 is 2.26 bits per heavy atom. The smallest absolute Gasteiger partial charge is 0.419 e. The van der Waals surface area contributed by atoms with Crippen molar-refractivity contribution in [2.45, 2.75) is 52.1 Å². The molecule has 1 fully saturated rings. The van der Waals surface area contributed by atoms with Crippen molar-refractivity contribution >= 4 is 17.9 Å². The molecule has 34 heavy (non-hydrogen) atoms. The van der Waals surface area contributed by atoms with Crippen molar-refractivity contribution in [3.8, 4) is 0 Å². The van der Waals surface area contributed by atoms with Gasteiger partial charge < -0.3 is 19.9 Å². The standard InChI is InChI=1S/C21H28F3N7O3/c1-14(28-19(33)34-20(2,3)4)12-31-13-15(9-27-31)17(32)29-5-7-30(8-6-29)18-25-10-16(11-26-18)21(22,23)24/h9-11,13-14H,5-8,12H2,1-4H3,(H,28,33)/t14-/m0/s1. The summed E-state index contributed by atoms with van der Waals surface area (Å²) in [6.07, 6.45) is -0.426. The van der Waals surface area contributed by atoms with Crippen molar-refractivity contribution in [3.63, 3.8) is 0 Å². The van der Waals surface area contributed by atoms with Crippen LogP contribution in [0.15, 0.2) is 24.8 Å². The minimum atomic E-state index is -4.49. The first kappa shape index (κ1) is 25.2. The van der Waals surface area contributed by atoms with E-state index in [1.165, 1.54) is 6.20 Å². The molecular weight excluding hydrogens is 455 g/mol. The lowest BCUT2D eigenvalue weighted by molar-refractivity contribution is -0.138. The number of nitrogens with zero attached hydrogens (tertiary/aromatic N) is 6. The minimum Gasteiger partial charge on any atom is -0.444 e. The number of aromatic nitrogens is 4. The third-order valence-corrected chi connectivity index (χ3v) is 4.92. The second-order valence-electron chi connectivity index (χ2n) is 9.05. The number of amides is 2. The number of hydrogen-bond donors (Lipinski definition) is 1. The summed E-state index contributed by atoms with van der Waals surface area (Å²) in [6, 6.07) is -0.273. The summed E-state index contributed by atoms with van der Waals surface area (Å²) in [5.41, 5.74) is -1.10. The Balaban J connectivity index is 1.50. The van der Waals surface area contributed by atoms with Crippen LogP contribution in [0.3, 0.4) is 0 Å². The molecule has 3 rings (SSSR count). The van der Waals surface area contributed by atoms with Gasteiger partial charge in [-0.25, -0.2) is 14.8 Å². The van der Waals surface area contributed by atoms with Crippen LogP contribution in [-0.4, -0.2) is 74.5 Å². The summed E-state index contributed by atoms with van der Waals surface area (Å²) in [5.74, 6) is -0.00798. The summed E-state index contributed by atoms with van der Waals surface area (Å²) in [6.45, 7) is 9.00. The average Bonchev–Trinajstić information content (AvgIpc) is 3.19. The minimum absolute atomic E-state index is 0.194. The summed E-state index contributed by atoms with van der Waals surface area (Å²) in [7, 11) is 0. The van der Waals surface area contributed by atoms with Gasteiger partial charge >= 0.3 is 12.3 Å². The number of alkyl carbamates (subject to hydrolysis) is 1. The predicted molar refractivity (Wildman–Crippen MR) is 116 cm³/mol. The zero-order valence-corrected chi connectivity index (χ0v) is 19.5. The lowest BCUT2D eigenvalue weighted by Crippen LogP contribution is -2.49. The Morgan fingerprint density at radius 2 is 1.71 bits per heavy atom. The van der Waals surface area contributed by atoms with Gasteiger partial charge in [0.2, 0.25) is 5.95 Å². The predicted octanol–water partition coefficient (Wildman–Crippen LogP) is 2.57. The molecule has 2 amide bonds.